The van der Waals surface area contributed by atoms with Crippen molar-refractivity contribution < 1.29 is 19.4 Å². The van der Waals surface area contributed by atoms with Crippen LogP contribution in [-0.4, -0.2) is 38.1 Å². The van der Waals surface area contributed by atoms with Gasteiger partial charge in [0.05, 0.1) is 12.2 Å². The number of carbonyl (C=O) groups excluding carboxylic acids is 1. The summed E-state index contributed by atoms with van der Waals surface area (Å²) in [5.74, 6) is 0.191. The van der Waals surface area contributed by atoms with Crippen LogP contribution < -0.4 is 10.1 Å². The third kappa shape index (κ3) is 4.49. The molecule has 1 aromatic rings. The molecule has 94 valence electrons. The molecule has 0 aliphatic rings. The van der Waals surface area contributed by atoms with Gasteiger partial charge in [0.25, 0.3) is 5.91 Å². The number of hydrogen-bond donors (Lipinski definition) is 2. The first-order valence-corrected chi connectivity index (χ1v) is 6.07. The molecule has 17 heavy (non-hydrogen) atoms. The number of amides is 1. The maximum Gasteiger partial charge on any atom is 0.255 e. The topological polar surface area (TPSA) is 67.8 Å². The number of ether oxygens (including phenoxy) is 2. The Kier molecular flexibility index (Phi) is 6.23. The van der Waals surface area contributed by atoms with Crippen molar-refractivity contribution in [1.29, 1.82) is 0 Å². The zero-order valence-electron chi connectivity index (χ0n) is 9.40. The van der Waals surface area contributed by atoms with Crippen LogP contribution in [0.1, 0.15) is 10.4 Å². The van der Waals surface area contributed by atoms with Gasteiger partial charge in [-0.2, -0.15) is 0 Å². The first-order chi connectivity index (χ1) is 8.19. The largest absolute Gasteiger partial charge is 0.467 e. The second-order valence-electron chi connectivity index (χ2n) is 3.17. The monoisotopic (exact) mass is 351 g/mol. The molecule has 0 aromatic heterocycles. The Morgan fingerprint density at radius 3 is 2.94 bits per heavy atom. The van der Waals surface area contributed by atoms with E-state index in [0.717, 1.165) is 3.57 Å². The van der Waals surface area contributed by atoms with E-state index in [1.807, 2.05) is 6.07 Å². The second kappa shape index (κ2) is 7.46. The molecule has 1 amide bonds. The number of rotatable bonds is 6. The zero-order chi connectivity index (χ0) is 12.7. The Labute approximate surface area is 113 Å². The number of halogens is 1. The van der Waals surface area contributed by atoms with Gasteiger partial charge in [-0.1, -0.05) is 0 Å². The lowest BCUT2D eigenvalue weighted by atomic mass is 10.2. The lowest BCUT2D eigenvalue weighted by Gasteiger charge is -2.11. The molecule has 6 heteroatoms. The van der Waals surface area contributed by atoms with Gasteiger partial charge in [0.15, 0.2) is 6.79 Å². The highest BCUT2D eigenvalue weighted by atomic mass is 127. The predicted molar refractivity (Wildman–Crippen MR) is 71.1 cm³/mol. The Morgan fingerprint density at radius 1 is 1.53 bits per heavy atom. The molecule has 0 atom stereocenters. The molecule has 0 aliphatic carbocycles. The van der Waals surface area contributed by atoms with E-state index in [9.17, 15) is 4.79 Å². The standard InChI is InChI=1S/C11H14INO4/c1-16-7-17-10-6-8(12)2-3-9(10)11(15)13-4-5-14/h2-3,6,14H,4-5,7H2,1H3,(H,13,15). The summed E-state index contributed by atoms with van der Waals surface area (Å²) in [6.07, 6.45) is 0. The molecule has 1 aromatic carbocycles. The smallest absolute Gasteiger partial charge is 0.255 e. The number of carbonyl (C=O) groups is 1. The molecule has 0 unspecified atom stereocenters. The highest BCUT2D eigenvalue weighted by molar-refractivity contribution is 14.1. The summed E-state index contributed by atoms with van der Waals surface area (Å²) in [5.41, 5.74) is 0.427. The average Bonchev–Trinajstić information content (AvgIpc) is 2.33. The van der Waals surface area contributed by atoms with Gasteiger partial charge in [0.1, 0.15) is 5.75 Å². The Bertz CT molecular complexity index is 384. The van der Waals surface area contributed by atoms with E-state index >= 15 is 0 Å². The number of methoxy groups -OCH3 is 1. The van der Waals surface area contributed by atoms with Crippen molar-refractivity contribution in [3.05, 3.63) is 27.3 Å². The van der Waals surface area contributed by atoms with Gasteiger partial charge in [-0.3, -0.25) is 4.79 Å². The summed E-state index contributed by atoms with van der Waals surface area (Å²) < 4.78 is 11.1. The molecule has 0 fully saturated rings. The van der Waals surface area contributed by atoms with Gasteiger partial charge in [0, 0.05) is 17.2 Å². The first-order valence-electron chi connectivity index (χ1n) is 4.99. The normalized spacial score (nSPS) is 10.1. The van der Waals surface area contributed by atoms with Crippen LogP contribution in [0.3, 0.4) is 0 Å². The minimum atomic E-state index is -0.276. The van der Waals surface area contributed by atoms with Gasteiger partial charge in [0.2, 0.25) is 0 Å². The Morgan fingerprint density at radius 2 is 2.29 bits per heavy atom. The van der Waals surface area contributed by atoms with E-state index < -0.39 is 0 Å². The molecule has 0 saturated carbocycles. The zero-order valence-corrected chi connectivity index (χ0v) is 11.6. The molecular weight excluding hydrogens is 337 g/mol. The SMILES string of the molecule is COCOc1cc(I)ccc1C(=O)NCCO. The van der Waals surface area contributed by atoms with E-state index in [-0.39, 0.29) is 25.9 Å². The lowest BCUT2D eigenvalue weighted by molar-refractivity contribution is 0.0500. The highest BCUT2D eigenvalue weighted by Gasteiger charge is 2.12. The van der Waals surface area contributed by atoms with Crippen molar-refractivity contribution in [1.82, 2.24) is 5.32 Å². The van der Waals surface area contributed by atoms with Crippen LogP contribution in [-0.2, 0) is 4.74 Å². The first kappa shape index (κ1) is 14.2. The Hall–Kier alpha value is -0.860. The number of benzene rings is 1. The predicted octanol–water partition coefficient (Wildman–Crippen LogP) is 0.996. The van der Waals surface area contributed by atoms with Gasteiger partial charge in [-0.15, -0.1) is 0 Å². The maximum absolute atomic E-state index is 11.8. The molecule has 5 nitrogen and oxygen atoms in total. The number of aliphatic hydroxyl groups excluding tert-OH is 1. The Balaban J connectivity index is 2.84. The van der Waals surface area contributed by atoms with E-state index in [1.54, 1.807) is 12.1 Å². The molecule has 0 bridgehead atoms. The minimum Gasteiger partial charge on any atom is -0.467 e. The summed E-state index contributed by atoms with van der Waals surface area (Å²) in [6, 6.07) is 5.25. The molecule has 0 radical (unpaired) electrons. The van der Waals surface area contributed by atoms with Crippen LogP contribution in [0.4, 0.5) is 0 Å². The maximum atomic E-state index is 11.8. The van der Waals surface area contributed by atoms with Crippen LogP contribution in [0, 0.1) is 3.57 Å². The summed E-state index contributed by atoms with van der Waals surface area (Å²) in [5, 5.41) is 11.2. The van der Waals surface area contributed by atoms with Crippen LogP contribution >= 0.6 is 22.6 Å². The van der Waals surface area contributed by atoms with Gasteiger partial charge in [-0.25, -0.2) is 0 Å². The van der Waals surface area contributed by atoms with Crippen molar-refractivity contribution in [3.8, 4) is 5.75 Å². The van der Waals surface area contributed by atoms with Crippen LogP contribution in [0.25, 0.3) is 0 Å². The molecule has 1 rings (SSSR count). The summed E-state index contributed by atoms with van der Waals surface area (Å²) in [4.78, 5) is 11.8. The second-order valence-corrected chi connectivity index (χ2v) is 4.42. The summed E-state index contributed by atoms with van der Waals surface area (Å²) >= 11 is 2.13. The molecule has 0 heterocycles. The number of aliphatic hydroxyl groups is 1. The highest BCUT2D eigenvalue weighted by Crippen LogP contribution is 2.21. The quantitative estimate of drug-likeness (QED) is 0.593. The van der Waals surface area contributed by atoms with Crippen LogP contribution in [0.2, 0.25) is 0 Å². The lowest BCUT2D eigenvalue weighted by Crippen LogP contribution is -2.27. The summed E-state index contributed by atoms with van der Waals surface area (Å²) in [7, 11) is 1.51. The van der Waals surface area contributed by atoms with E-state index in [1.165, 1.54) is 7.11 Å². The molecule has 0 spiro atoms. The fourth-order valence-corrected chi connectivity index (χ4v) is 1.65. The third-order valence-electron chi connectivity index (χ3n) is 1.92. The van der Waals surface area contributed by atoms with E-state index in [2.05, 4.69) is 27.9 Å². The molecule has 2 N–H and O–H groups in total. The molecule has 0 saturated heterocycles. The number of hydrogen-bond acceptors (Lipinski definition) is 4. The van der Waals surface area contributed by atoms with E-state index in [0.29, 0.717) is 11.3 Å². The van der Waals surface area contributed by atoms with E-state index in [4.69, 9.17) is 14.6 Å². The van der Waals surface area contributed by atoms with Crippen molar-refractivity contribution >= 4 is 28.5 Å². The van der Waals surface area contributed by atoms with Crippen molar-refractivity contribution in [2.45, 2.75) is 0 Å². The van der Waals surface area contributed by atoms with Crippen LogP contribution in [0.5, 0.6) is 5.75 Å². The molecule has 0 aliphatic heterocycles. The average molecular weight is 351 g/mol. The molecular formula is C11H14INO4. The van der Waals surface area contributed by atoms with Crippen molar-refractivity contribution in [2.75, 3.05) is 27.1 Å². The fraction of sp³-hybridized carbons (Fsp3) is 0.364. The third-order valence-corrected chi connectivity index (χ3v) is 2.59. The minimum absolute atomic E-state index is 0.0837. The number of nitrogens with one attached hydrogen (secondary N) is 1. The van der Waals surface area contributed by atoms with Gasteiger partial charge < -0.3 is 19.9 Å². The van der Waals surface area contributed by atoms with Crippen LogP contribution in [0.15, 0.2) is 18.2 Å². The van der Waals surface area contributed by atoms with Crippen molar-refractivity contribution in [3.63, 3.8) is 0 Å². The fourth-order valence-electron chi connectivity index (χ4n) is 1.19. The van der Waals surface area contributed by atoms with Gasteiger partial charge >= 0.3 is 0 Å². The summed E-state index contributed by atoms with van der Waals surface area (Å²) in [6.45, 7) is 0.208. The van der Waals surface area contributed by atoms with Crippen molar-refractivity contribution in [2.24, 2.45) is 0 Å². The van der Waals surface area contributed by atoms with Gasteiger partial charge in [-0.05, 0) is 40.8 Å².